The summed E-state index contributed by atoms with van der Waals surface area (Å²) in [6, 6.07) is 10.1. The highest BCUT2D eigenvalue weighted by atomic mass is 16.4. The van der Waals surface area contributed by atoms with Crippen LogP contribution < -0.4 is 0 Å². The molecular formula is C17H23NO2. The first-order chi connectivity index (χ1) is 9.69. The monoisotopic (exact) mass is 273 g/mol. The zero-order valence-corrected chi connectivity index (χ0v) is 11.9. The van der Waals surface area contributed by atoms with Crippen LogP contribution in [-0.2, 0) is 4.79 Å². The molecule has 1 aliphatic carbocycles. The molecule has 1 atom stereocenters. The SMILES string of the molecule is O=C(O)CC(c1ccccc1)N1CC2(CCCCC2)C1. The quantitative estimate of drug-likeness (QED) is 0.913. The first-order valence-corrected chi connectivity index (χ1v) is 7.69. The van der Waals surface area contributed by atoms with Gasteiger partial charge in [-0.05, 0) is 23.8 Å². The van der Waals surface area contributed by atoms with Crippen LogP contribution in [0.2, 0.25) is 0 Å². The second kappa shape index (κ2) is 5.57. The number of benzene rings is 1. The van der Waals surface area contributed by atoms with Crippen LogP contribution in [0.5, 0.6) is 0 Å². The Morgan fingerprint density at radius 1 is 1.15 bits per heavy atom. The summed E-state index contributed by atoms with van der Waals surface area (Å²) in [5.74, 6) is -0.705. The van der Waals surface area contributed by atoms with Crippen LogP contribution >= 0.6 is 0 Å². The fraction of sp³-hybridized carbons (Fsp3) is 0.588. The molecule has 1 unspecified atom stereocenters. The predicted octanol–water partition coefficient (Wildman–Crippen LogP) is 3.47. The van der Waals surface area contributed by atoms with Gasteiger partial charge in [0.1, 0.15) is 0 Å². The van der Waals surface area contributed by atoms with Crippen molar-refractivity contribution in [2.75, 3.05) is 13.1 Å². The van der Waals surface area contributed by atoms with Gasteiger partial charge in [0, 0.05) is 19.1 Å². The third-order valence-electron chi connectivity index (χ3n) is 4.98. The maximum absolute atomic E-state index is 11.2. The number of hydrogen-bond donors (Lipinski definition) is 1. The van der Waals surface area contributed by atoms with Gasteiger partial charge < -0.3 is 5.11 Å². The van der Waals surface area contributed by atoms with Gasteiger partial charge in [-0.25, -0.2) is 0 Å². The van der Waals surface area contributed by atoms with E-state index < -0.39 is 5.97 Å². The summed E-state index contributed by atoms with van der Waals surface area (Å²) in [6.07, 6.45) is 6.95. The van der Waals surface area contributed by atoms with Crippen LogP contribution in [0, 0.1) is 5.41 Å². The third kappa shape index (κ3) is 2.73. The molecule has 1 aliphatic heterocycles. The number of nitrogens with zero attached hydrogens (tertiary/aromatic N) is 1. The average molecular weight is 273 g/mol. The lowest BCUT2D eigenvalue weighted by Gasteiger charge is -2.55. The van der Waals surface area contributed by atoms with Crippen molar-refractivity contribution < 1.29 is 9.90 Å². The molecule has 20 heavy (non-hydrogen) atoms. The van der Waals surface area contributed by atoms with Crippen LogP contribution in [0.25, 0.3) is 0 Å². The molecule has 0 bridgehead atoms. The minimum atomic E-state index is -0.705. The van der Waals surface area contributed by atoms with Crippen molar-refractivity contribution in [3.8, 4) is 0 Å². The molecule has 3 nitrogen and oxygen atoms in total. The van der Waals surface area contributed by atoms with E-state index in [1.165, 1.54) is 32.1 Å². The number of likely N-dealkylation sites (tertiary alicyclic amines) is 1. The molecule has 2 aliphatic rings. The molecule has 0 aromatic heterocycles. The van der Waals surface area contributed by atoms with Crippen molar-refractivity contribution in [2.24, 2.45) is 5.41 Å². The van der Waals surface area contributed by atoms with Crippen molar-refractivity contribution in [3.05, 3.63) is 35.9 Å². The van der Waals surface area contributed by atoms with Crippen LogP contribution in [0.1, 0.15) is 50.1 Å². The summed E-state index contributed by atoms with van der Waals surface area (Å²) >= 11 is 0. The van der Waals surface area contributed by atoms with Gasteiger partial charge in [-0.3, -0.25) is 9.69 Å². The summed E-state index contributed by atoms with van der Waals surface area (Å²) in [6.45, 7) is 2.17. The molecule has 108 valence electrons. The van der Waals surface area contributed by atoms with Gasteiger partial charge in [0.05, 0.1) is 6.42 Å². The van der Waals surface area contributed by atoms with E-state index in [9.17, 15) is 9.90 Å². The van der Waals surface area contributed by atoms with Crippen molar-refractivity contribution in [1.82, 2.24) is 4.90 Å². The molecule has 3 rings (SSSR count). The van der Waals surface area contributed by atoms with E-state index in [-0.39, 0.29) is 12.5 Å². The molecule has 1 saturated carbocycles. The van der Waals surface area contributed by atoms with Crippen LogP contribution in [0.3, 0.4) is 0 Å². The van der Waals surface area contributed by atoms with Gasteiger partial charge in [-0.2, -0.15) is 0 Å². The van der Waals surface area contributed by atoms with Crippen molar-refractivity contribution >= 4 is 5.97 Å². The largest absolute Gasteiger partial charge is 0.481 e. The van der Waals surface area contributed by atoms with Crippen molar-refractivity contribution in [1.29, 1.82) is 0 Å². The normalized spacial score (nSPS) is 23.2. The first-order valence-electron chi connectivity index (χ1n) is 7.69. The van der Waals surface area contributed by atoms with E-state index in [1.807, 2.05) is 18.2 Å². The maximum Gasteiger partial charge on any atom is 0.305 e. The molecule has 0 radical (unpaired) electrons. The van der Waals surface area contributed by atoms with Gasteiger partial charge in [0.15, 0.2) is 0 Å². The Labute approximate surface area is 120 Å². The van der Waals surface area contributed by atoms with E-state index in [0.717, 1.165) is 18.7 Å². The highest BCUT2D eigenvalue weighted by Gasteiger charge is 2.46. The summed E-state index contributed by atoms with van der Waals surface area (Å²) < 4.78 is 0. The fourth-order valence-electron chi connectivity index (χ4n) is 3.95. The van der Waals surface area contributed by atoms with Gasteiger partial charge in [-0.1, -0.05) is 49.6 Å². The zero-order valence-electron chi connectivity index (χ0n) is 11.9. The van der Waals surface area contributed by atoms with Gasteiger partial charge in [0.2, 0.25) is 0 Å². The lowest BCUT2D eigenvalue weighted by Crippen LogP contribution is -2.58. The first kappa shape index (κ1) is 13.6. The number of aliphatic carboxylic acids is 1. The minimum Gasteiger partial charge on any atom is -0.481 e. The number of carboxylic acid groups (broad SMARTS) is 1. The Hall–Kier alpha value is -1.35. The van der Waals surface area contributed by atoms with Crippen LogP contribution in [0.15, 0.2) is 30.3 Å². The molecule has 1 aromatic rings. The van der Waals surface area contributed by atoms with Crippen LogP contribution in [-0.4, -0.2) is 29.1 Å². The second-order valence-corrected chi connectivity index (χ2v) is 6.49. The Balaban J connectivity index is 1.70. The molecule has 1 heterocycles. The average Bonchev–Trinajstić information content (AvgIpc) is 2.44. The Morgan fingerprint density at radius 2 is 1.80 bits per heavy atom. The summed E-state index contributed by atoms with van der Waals surface area (Å²) in [5.41, 5.74) is 1.64. The fourth-order valence-corrected chi connectivity index (χ4v) is 3.95. The topological polar surface area (TPSA) is 40.5 Å². The van der Waals surface area contributed by atoms with Crippen LogP contribution in [0.4, 0.5) is 0 Å². The minimum absolute atomic E-state index is 0.0428. The van der Waals surface area contributed by atoms with E-state index in [2.05, 4.69) is 17.0 Å². The Kier molecular flexibility index (Phi) is 3.79. The highest BCUT2D eigenvalue weighted by molar-refractivity contribution is 5.68. The summed E-state index contributed by atoms with van der Waals surface area (Å²) in [5, 5.41) is 9.19. The Bertz CT molecular complexity index is 457. The lowest BCUT2D eigenvalue weighted by atomic mass is 9.68. The second-order valence-electron chi connectivity index (χ2n) is 6.49. The number of rotatable bonds is 4. The number of carbonyl (C=O) groups is 1. The van der Waals surface area contributed by atoms with E-state index >= 15 is 0 Å². The molecule has 1 saturated heterocycles. The molecule has 1 aromatic carbocycles. The van der Waals surface area contributed by atoms with Gasteiger partial charge >= 0.3 is 5.97 Å². The van der Waals surface area contributed by atoms with Crippen molar-refractivity contribution in [3.63, 3.8) is 0 Å². The highest BCUT2D eigenvalue weighted by Crippen LogP contribution is 2.47. The van der Waals surface area contributed by atoms with E-state index in [0.29, 0.717) is 5.41 Å². The standard InChI is InChI=1S/C17H23NO2/c19-16(20)11-15(14-7-3-1-4-8-14)18-12-17(13-18)9-5-2-6-10-17/h1,3-4,7-8,15H,2,5-6,9-13H2,(H,19,20). The molecular weight excluding hydrogens is 250 g/mol. The molecule has 2 fully saturated rings. The molecule has 3 heteroatoms. The lowest BCUT2D eigenvalue weighted by molar-refractivity contribution is -0.141. The summed E-state index contributed by atoms with van der Waals surface area (Å²) in [7, 11) is 0. The third-order valence-corrected chi connectivity index (χ3v) is 4.98. The molecule has 1 N–H and O–H groups in total. The Morgan fingerprint density at radius 3 is 2.40 bits per heavy atom. The van der Waals surface area contributed by atoms with Gasteiger partial charge in [0.25, 0.3) is 0 Å². The molecule has 0 amide bonds. The van der Waals surface area contributed by atoms with E-state index in [4.69, 9.17) is 0 Å². The summed E-state index contributed by atoms with van der Waals surface area (Å²) in [4.78, 5) is 13.5. The predicted molar refractivity (Wildman–Crippen MR) is 78.5 cm³/mol. The maximum atomic E-state index is 11.2. The van der Waals surface area contributed by atoms with E-state index in [1.54, 1.807) is 0 Å². The molecule has 1 spiro atoms. The van der Waals surface area contributed by atoms with Crippen molar-refractivity contribution in [2.45, 2.75) is 44.6 Å². The zero-order chi connectivity index (χ0) is 14.0. The smallest absolute Gasteiger partial charge is 0.305 e. The number of hydrogen-bond acceptors (Lipinski definition) is 2. The van der Waals surface area contributed by atoms with Gasteiger partial charge in [-0.15, -0.1) is 0 Å². The number of carboxylic acids is 1.